The molecule has 0 atom stereocenters. The van der Waals surface area contributed by atoms with Gasteiger partial charge in [0.05, 0.1) is 35.4 Å². The summed E-state index contributed by atoms with van der Waals surface area (Å²) in [6.45, 7) is 4.11. The molecule has 3 rings (SSSR count). The fourth-order valence-electron chi connectivity index (χ4n) is 3.33. The monoisotopic (exact) mass is 419 g/mol. The molecule has 2 aromatic rings. The number of piperazine rings is 1. The lowest BCUT2D eigenvalue weighted by Gasteiger charge is -2.36. The smallest absolute Gasteiger partial charge is 0.286 e. The van der Waals surface area contributed by atoms with E-state index in [0.29, 0.717) is 37.8 Å². The fourth-order valence-corrected chi connectivity index (χ4v) is 3.58. The van der Waals surface area contributed by atoms with Crippen LogP contribution in [0.5, 0.6) is 11.5 Å². The van der Waals surface area contributed by atoms with E-state index in [1.165, 1.54) is 19.2 Å². The molecular weight excluding hydrogens is 398 g/mol. The Morgan fingerprint density at radius 2 is 1.86 bits per heavy atom. The molecule has 0 spiro atoms. The molecule has 2 aromatic carbocycles. The molecule has 1 aliphatic rings. The highest BCUT2D eigenvalue weighted by atomic mass is 35.5. The number of rotatable bonds is 6. The van der Waals surface area contributed by atoms with E-state index in [0.717, 1.165) is 5.69 Å². The number of hydrogen-bond donors (Lipinski definition) is 0. The van der Waals surface area contributed by atoms with E-state index in [1.807, 2.05) is 24.3 Å². The van der Waals surface area contributed by atoms with Crippen LogP contribution >= 0.6 is 11.6 Å². The van der Waals surface area contributed by atoms with E-state index in [9.17, 15) is 14.9 Å². The highest BCUT2D eigenvalue weighted by molar-refractivity contribution is 6.33. The highest BCUT2D eigenvalue weighted by Crippen LogP contribution is 2.35. The summed E-state index contributed by atoms with van der Waals surface area (Å²) < 4.78 is 10.7. The lowest BCUT2D eigenvalue weighted by Crippen LogP contribution is -2.49. The van der Waals surface area contributed by atoms with Crippen LogP contribution < -0.4 is 14.4 Å². The Labute approximate surface area is 173 Å². The van der Waals surface area contributed by atoms with Gasteiger partial charge in [-0.1, -0.05) is 23.7 Å². The van der Waals surface area contributed by atoms with E-state index < -0.39 is 10.8 Å². The van der Waals surface area contributed by atoms with Gasteiger partial charge in [-0.2, -0.15) is 0 Å². The molecule has 8 nitrogen and oxygen atoms in total. The topological polar surface area (TPSA) is 85.1 Å². The van der Waals surface area contributed by atoms with Crippen molar-refractivity contribution < 1.29 is 19.2 Å². The number of hydrogen-bond acceptors (Lipinski definition) is 6. The maximum Gasteiger partial charge on any atom is 0.286 e. The fraction of sp³-hybridized carbons (Fsp3) is 0.350. The summed E-state index contributed by atoms with van der Waals surface area (Å²) >= 11 is 6.26. The molecule has 0 bridgehead atoms. The lowest BCUT2D eigenvalue weighted by atomic mass is 10.1. The number of methoxy groups -OCH3 is 1. The van der Waals surface area contributed by atoms with Crippen LogP contribution in [0.25, 0.3) is 0 Å². The molecule has 1 amide bonds. The molecule has 0 N–H and O–H groups in total. The average Bonchev–Trinajstić information content (AvgIpc) is 2.73. The molecule has 1 aliphatic heterocycles. The van der Waals surface area contributed by atoms with Gasteiger partial charge < -0.3 is 19.3 Å². The van der Waals surface area contributed by atoms with Crippen molar-refractivity contribution in [2.24, 2.45) is 0 Å². The van der Waals surface area contributed by atoms with Crippen LogP contribution in [-0.2, 0) is 0 Å². The van der Waals surface area contributed by atoms with Gasteiger partial charge in [0, 0.05) is 32.2 Å². The van der Waals surface area contributed by atoms with Crippen molar-refractivity contribution in [1.29, 1.82) is 0 Å². The third-order valence-corrected chi connectivity index (χ3v) is 5.09. The van der Waals surface area contributed by atoms with Crippen LogP contribution in [0.2, 0.25) is 5.02 Å². The van der Waals surface area contributed by atoms with Crippen molar-refractivity contribution >= 4 is 28.9 Å². The molecule has 1 heterocycles. The van der Waals surface area contributed by atoms with Gasteiger partial charge in [-0.05, 0) is 19.1 Å². The first-order valence-electron chi connectivity index (χ1n) is 9.24. The van der Waals surface area contributed by atoms with Gasteiger partial charge in [0.25, 0.3) is 11.6 Å². The summed E-state index contributed by atoms with van der Waals surface area (Å²) in [5, 5.41) is 12.2. The van der Waals surface area contributed by atoms with Crippen molar-refractivity contribution in [3.8, 4) is 11.5 Å². The van der Waals surface area contributed by atoms with E-state index in [-0.39, 0.29) is 22.7 Å². The van der Waals surface area contributed by atoms with Gasteiger partial charge in [-0.3, -0.25) is 14.9 Å². The first-order valence-corrected chi connectivity index (χ1v) is 9.62. The molecule has 0 aliphatic carbocycles. The number of nitro groups is 1. The van der Waals surface area contributed by atoms with Crippen LogP contribution in [0.3, 0.4) is 0 Å². The minimum Gasteiger partial charge on any atom is -0.493 e. The van der Waals surface area contributed by atoms with Crippen LogP contribution in [0, 0.1) is 10.1 Å². The lowest BCUT2D eigenvalue weighted by molar-refractivity contribution is -0.385. The number of carbonyl (C=O) groups excluding carboxylic acids is 1. The Hall–Kier alpha value is -3.00. The van der Waals surface area contributed by atoms with Crippen LogP contribution in [0.1, 0.15) is 17.3 Å². The number of para-hydroxylation sites is 1. The van der Waals surface area contributed by atoms with E-state index in [2.05, 4.69) is 4.90 Å². The normalized spacial score (nSPS) is 13.9. The number of amides is 1. The van der Waals surface area contributed by atoms with Crippen molar-refractivity contribution in [2.45, 2.75) is 6.92 Å². The summed E-state index contributed by atoms with van der Waals surface area (Å²) in [6.07, 6.45) is 0. The number of carbonyl (C=O) groups is 1. The summed E-state index contributed by atoms with van der Waals surface area (Å²) in [7, 11) is 1.43. The molecule has 1 fully saturated rings. The molecule has 0 saturated carbocycles. The summed E-state index contributed by atoms with van der Waals surface area (Å²) in [5.74, 6) is 0.120. The second-order valence-electron chi connectivity index (χ2n) is 6.44. The third kappa shape index (κ3) is 4.37. The second kappa shape index (κ2) is 9.00. The Balaban J connectivity index is 1.82. The van der Waals surface area contributed by atoms with Crippen LogP contribution in [0.4, 0.5) is 11.4 Å². The Kier molecular flexibility index (Phi) is 6.43. The highest BCUT2D eigenvalue weighted by Gasteiger charge is 2.30. The molecule has 9 heteroatoms. The average molecular weight is 420 g/mol. The van der Waals surface area contributed by atoms with E-state index in [4.69, 9.17) is 21.1 Å². The summed E-state index contributed by atoms with van der Waals surface area (Å²) in [5.41, 5.74) is 0.601. The number of nitro benzene ring substituents is 1. The number of halogens is 1. The maximum atomic E-state index is 13.1. The second-order valence-corrected chi connectivity index (χ2v) is 6.85. The zero-order valence-corrected chi connectivity index (χ0v) is 17.0. The summed E-state index contributed by atoms with van der Waals surface area (Å²) in [4.78, 5) is 27.7. The largest absolute Gasteiger partial charge is 0.493 e. The Morgan fingerprint density at radius 1 is 1.17 bits per heavy atom. The first kappa shape index (κ1) is 20.7. The number of anilines is 1. The number of benzene rings is 2. The molecule has 0 unspecified atom stereocenters. The third-order valence-electron chi connectivity index (χ3n) is 4.77. The molecule has 1 saturated heterocycles. The predicted octanol–water partition coefficient (Wildman–Crippen LogP) is 3.62. The first-order chi connectivity index (χ1) is 14.0. The van der Waals surface area contributed by atoms with Crippen LogP contribution in [-0.4, -0.2) is 55.6 Å². The SMILES string of the molecule is CCOc1cc([N+](=O)[O-])c(C(=O)N2CCN(c3ccccc3Cl)CC2)cc1OC. The molecule has 0 aromatic heterocycles. The Morgan fingerprint density at radius 3 is 2.45 bits per heavy atom. The van der Waals surface area contributed by atoms with E-state index in [1.54, 1.807) is 11.8 Å². The van der Waals surface area contributed by atoms with Crippen molar-refractivity contribution in [3.63, 3.8) is 0 Å². The van der Waals surface area contributed by atoms with E-state index >= 15 is 0 Å². The zero-order chi connectivity index (χ0) is 21.0. The van der Waals surface area contributed by atoms with Crippen molar-refractivity contribution in [1.82, 2.24) is 4.90 Å². The quantitative estimate of drug-likeness (QED) is 0.525. The van der Waals surface area contributed by atoms with Gasteiger partial charge in [-0.25, -0.2) is 0 Å². The van der Waals surface area contributed by atoms with Gasteiger partial charge in [-0.15, -0.1) is 0 Å². The number of ether oxygens (including phenoxy) is 2. The minimum absolute atomic E-state index is 0.0125. The zero-order valence-electron chi connectivity index (χ0n) is 16.3. The molecule has 29 heavy (non-hydrogen) atoms. The standard InChI is InChI=1S/C20H22ClN3O5/c1-3-29-19-13-17(24(26)27)14(12-18(19)28-2)20(25)23-10-8-22(9-11-23)16-7-5-4-6-15(16)21/h4-7,12-13H,3,8-11H2,1-2H3. The molecule has 0 radical (unpaired) electrons. The number of nitrogens with zero attached hydrogens (tertiary/aromatic N) is 3. The van der Waals surface area contributed by atoms with Crippen molar-refractivity contribution in [2.75, 3.05) is 44.8 Å². The van der Waals surface area contributed by atoms with Crippen LogP contribution in [0.15, 0.2) is 36.4 Å². The predicted molar refractivity (Wildman–Crippen MR) is 110 cm³/mol. The van der Waals surface area contributed by atoms with Crippen molar-refractivity contribution in [3.05, 3.63) is 57.1 Å². The van der Waals surface area contributed by atoms with Gasteiger partial charge in [0.1, 0.15) is 5.56 Å². The van der Waals surface area contributed by atoms with Gasteiger partial charge in [0.15, 0.2) is 11.5 Å². The molecular formula is C20H22ClN3O5. The minimum atomic E-state index is -0.574. The van der Waals surface area contributed by atoms with Gasteiger partial charge in [0.2, 0.25) is 0 Å². The van der Waals surface area contributed by atoms with Gasteiger partial charge >= 0.3 is 0 Å². The Bertz CT molecular complexity index is 913. The molecule has 154 valence electrons. The summed E-state index contributed by atoms with van der Waals surface area (Å²) in [6, 6.07) is 10.2. The maximum absolute atomic E-state index is 13.1.